The molecular formula is C28H30ClN3O. The van der Waals surface area contributed by atoms with Gasteiger partial charge in [0.05, 0.1) is 5.57 Å². The highest BCUT2D eigenvalue weighted by Gasteiger charge is 2.28. The first-order valence-corrected chi connectivity index (χ1v) is 12.2. The number of nitrogens with one attached hydrogen (secondary N) is 2. The van der Waals surface area contributed by atoms with Crippen LogP contribution in [0.15, 0.2) is 42.5 Å². The van der Waals surface area contributed by atoms with Crippen LogP contribution in [0.2, 0.25) is 5.02 Å². The molecule has 0 radical (unpaired) electrons. The monoisotopic (exact) mass is 459 g/mol. The van der Waals surface area contributed by atoms with E-state index in [4.69, 9.17) is 11.6 Å². The third-order valence-corrected chi connectivity index (χ3v) is 7.00. The van der Waals surface area contributed by atoms with Crippen molar-refractivity contribution in [1.29, 1.82) is 0 Å². The van der Waals surface area contributed by atoms with Gasteiger partial charge in [0, 0.05) is 27.7 Å². The summed E-state index contributed by atoms with van der Waals surface area (Å²) in [6.45, 7) is 1.06. The Balaban J connectivity index is 1.59. The first-order valence-electron chi connectivity index (χ1n) is 11.8. The second kappa shape index (κ2) is 9.20. The Morgan fingerprint density at radius 3 is 2.64 bits per heavy atom. The normalized spacial score (nSPS) is 16.2. The van der Waals surface area contributed by atoms with Crippen LogP contribution in [0.4, 0.5) is 5.69 Å². The van der Waals surface area contributed by atoms with Crippen LogP contribution in [0.3, 0.4) is 0 Å². The number of amides is 1. The summed E-state index contributed by atoms with van der Waals surface area (Å²) >= 11 is 6.12. The third-order valence-electron chi connectivity index (χ3n) is 6.75. The maximum atomic E-state index is 13.1. The van der Waals surface area contributed by atoms with Crippen LogP contribution in [0.1, 0.15) is 47.3 Å². The van der Waals surface area contributed by atoms with Gasteiger partial charge in [-0.15, -0.1) is 0 Å². The fourth-order valence-corrected chi connectivity index (χ4v) is 5.29. The molecule has 5 heteroatoms. The number of fused-ring (bicyclic) bond motifs is 2. The SMILES string of the molecule is CN(C)CCCc1c(C=C2C(=O)Nc3cccc(-c4ccc(Cl)cc4)c32)[nH]c2c1CCCC2. The highest BCUT2D eigenvalue weighted by molar-refractivity contribution is 6.36. The van der Waals surface area contributed by atoms with Gasteiger partial charge in [0.2, 0.25) is 0 Å². The van der Waals surface area contributed by atoms with Crippen molar-refractivity contribution >= 4 is 34.8 Å². The molecule has 5 rings (SSSR count). The quantitative estimate of drug-likeness (QED) is 0.431. The molecular weight excluding hydrogens is 430 g/mol. The lowest BCUT2D eigenvalue weighted by molar-refractivity contribution is -0.110. The van der Waals surface area contributed by atoms with E-state index >= 15 is 0 Å². The van der Waals surface area contributed by atoms with Crippen LogP contribution in [0.5, 0.6) is 0 Å². The number of anilines is 1. The summed E-state index contributed by atoms with van der Waals surface area (Å²) in [5.74, 6) is -0.0433. The Morgan fingerprint density at radius 1 is 1.06 bits per heavy atom. The van der Waals surface area contributed by atoms with Gasteiger partial charge in [0.25, 0.3) is 5.91 Å². The van der Waals surface area contributed by atoms with Crippen LogP contribution in [0, 0.1) is 0 Å². The van der Waals surface area contributed by atoms with Crippen molar-refractivity contribution in [2.45, 2.75) is 38.5 Å². The van der Waals surface area contributed by atoms with Gasteiger partial charge in [-0.1, -0.05) is 35.9 Å². The van der Waals surface area contributed by atoms with Crippen molar-refractivity contribution in [2.24, 2.45) is 0 Å². The smallest absolute Gasteiger partial charge is 0.256 e. The molecule has 0 fully saturated rings. The molecule has 33 heavy (non-hydrogen) atoms. The first-order chi connectivity index (χ1) is 16.0. The highest BCUT2D eigenvalue weighted by atomic mass is 35.5. The number of hydrogen-bond donors (Lipinski definition) is 2. The molecule has 2 heterocycles. The minimum Gasteiger partial charge on any atom is -0.358 e. The molecule has 4 nitrogen and oxygen atoms in total. The number of aryl methyl sites for hydroxylation is 1. The van der Waals surface area contributed by atoms with E-state index in [2.05, 4.69) is 41.4 Å². The van der Waals surface area contributed by atoms with E-state index in [1.54, 1.807) is 0 Å². The number of aromatic nitrogens is 1. The predicted octanol–water partition coefficient (Wildman–Crippen LogP) is 6.20. The van der Waals surface area contributed by atoms with E-state index in [0.29, 0.717) is 5.02 Å². The van der Waals surface area contributed by atoms with E-state index in [1.807, 2.05) is 36.4 Å². The number of nitrogens with zero attached hydrogens (tertiary/aromatic N) is 1. The molecule has 170 valence electrons. The molecule has 0 bridgehead atoms. The van der Waals surface area contributed by atoms with Crippen LogP contribution >= 0.6 is 11.6 Å². The van der Waals surface area contributed by atoms with E-state index in [9.17, 15) is 4.79 Å². The maximum Gasteiger partial charge on any atom is 0.256 e. The average Bonchev–Trinajstić information content (AvgIpc) is 3.31. The standard InChI is InChI=1S/C28H30ClN3O/c1-32(2)16-6-9-22-21-7-3-4-10-24(21)30-26(22)17-23-27-20(18-12-14-19(29)15-13-18)8-5-11-25(27)31-28(23)33/h5,8,11-15,17,30H,3-4,6-7,9-10,16H2,1-2H3,(H,31,33). The zero-order valence-electron chi connectivity index (χ0n) is 19.3. The molecule has 0 saturated carbocycles. The fourth-order valence-electron chi connectivity index (χ4n) is 5.16. The number of benzene rings is 2. The van der Waals surface area contributed by atoms with E-state index < -0.39 is 0 Å². The van der Waals surface area contributed by atoms with Crippen LogP contribution < -0.4 is 5.32 Å². The summed E-state index contributed by atoms with van der Waals surface area (Å²) in [6.07, 6.45) is 8.91. The molecule has 1 aliphatic carbocycles. The molecule has 0 atom stereocenters. The summed E-state index contributed by atoms with van der Waals surface area (Å²) in [5.41, 5.74) is 9.99. The van der Waals surface area contributed by atoms with Crippen molar-refractivity contribution in [2.75, 3.05) is 26.0 Å². The molecule has 1 aromatic heterocycles. The molecule has 1 aliphatic heterocycles. The Kier molecular flexibility index (Phi) is 6.13. The summed E-state index contributed by atoms with van der Waals surface area (Å²) < 4.78 is 0. The van der Waals surface area contributed by atoms with Crippen LogP contribution in [-0.2, 0) is 24.1 Å². The molecule has 2 aromatic carbocycles. The van der Waals surface area contributed by atoms with Crippen LogP contribution in [-0.4, -0.2) is 36.4 Å². The number of halogens is 1. The second-order valence-corrected chi connectivity index (χ2v) is 9.77. The van der Waals surface area contributed by atoms with Crippen molar-refractivity contribution in [3.05, 3.63) is 75.6 Å². The Hall–Kier alpha value is -2.82. The molecule has 0 unspecified atom stereocenters. The molecule has 0 spiro atoms. The van der Waals surface area contributed by atoms with Gasteiger partial charge in [-0.25, -0.2) is 0 Å². The Bertz CT molecular complexity index is 1220. The van der Waals surface area contributed by atoms with E-state index in [0.717, 1.165) is 65.9 Å². The minimum absolute atomic E-state index is 0.0433. The van der Waals surface area contributed by atoms with Gasteiger partial charge in [-0.2, -0.15) is 0 Å². The van der Waals surface area contributed by atoms with Crippen molar-refractivity contribution < 1.29 is 4.79 Å². The molecule has 2 N–H and O–H groups in total. The van der Waals surface area contributed by atoms with Gasteiger partial charge in [0.1, 0.15) is 0 Å². The zero-order valence-corrected chi connectivity index (χ0v) is 20.1. The summed E-state index contributed by atoms with van der Waals surface area (Å²) in [4.78, 5) is 19.0. The van der Waals surface area contributed by atoms with Crippen molar-refractivity contribution in [3.8, 4) is 11.1 Å². The third kappa shape index (κ3) is 4.38. The average molecular weight is 460 g/mol. The number of aromatic amines is 1. The second-order valence-electron chi connectivity index (χ2n) is 9.34. The maximum absolute atomic E-state index is 13.1. The topological polar surface area (TPSA) is 48.1 Å². The summed E-state index contributed by atoms with van der Waals surface area (Å²) in [6, 6.07) is 13.9. The summed E-state index contributed by atoms with van der Waals surface area (Å²) in [5, 5.41) is 3.78. The molecule has 1 amide bonds. The largest absolute Gasteiger partial charge is 0.358 e. The van der Waals surface area contributed by atoms with Crippen LogP contribution in [0.25, 0.3) is 22.8 Å². The molecule has 0 saturated heterocycles. The number of H-pyrrole nitrogens is 1. The number of carbonyl (C=O) groups is 1. The van der Waals surface area contributed by atoms with Crippen molar-refractivity contribution in [1.82, 2.24) is 9.88 Å². The van der Waals surface area contributed by atoms with Gasteiger partial charge in [-0.3, -0.25) is 4.79 Å². The number of rotatable bonds is 6. The number of carbonyl (C=O) groups excluding carboxylic acids is 1. The first kappa shape index (κ1) is 22.0. The lowest BCUT2D eigenvalue weighted by Crippen LogP contribution is -2.14. The van der Waals surface area contributed by atoms with E-state index in [1.165, 1.54) is 29.7 Å². The van der Waals surface area contributed by atoms with Crippen molar-refractivity contribution in [3.63, 3.8) is 0 Å². The Morgan fingerprint density at radius 2 is 1.85 bits per heavy atom. The van der Waals surface area contributed by atoms with E-state index in [-0.39, 0.29) is 5.91 Å². The summed E-state index contributed by atoms with van der Waals surface area (Å²) in [7, 11) is 4.24. The lowest BCUT2D eigenvalue weighted by atomic mass is 9.91. The van der Waals surface area contributed by atoms with Gasteiger partial charge in [0.15, 0.2) is 0 Å². The van der Waals surface area contributed by atoms with Gasteiger partial charge in [-0.05, 0) is 106 Å². The Labute approximate surface area is 200 Å². The number of hydrogen-bond acceptors (Lipinski definition) is 2. The lowest BCUT2D eigenvalue weighted by Gasteiger charge is -2.14. The molecule has 2 aliphatic rings. The minimum atomic E-state index is -0.0433. The molecule has 3 aromatic rings. The van der Waals surface area contributed by atoms with Gasteiger partial charge < -0.3 is 15.2 Å². The fraction of sp³-hybridized carbons (Fsp3) is 0.321. The van der Waals surface area contributed by atoms with Gasteiger partial charge >= 0.3 is 0 Å². The highest BCUT2D eigenvalue weighted by Crippen LogP contribution is 2.41. The zero-order chi connectivity index (χ0) is 22.9. The predicted molar refractivity (Wildman–Crippen MR) is 138 cm³/mol.